The highest BCUT2D eigenvalue weighted by molar-refractivity contribution is 6.32. The second kappa shape index (κ2) is 13.0. The number of halogens is 5. The van der Waals surface area contributed by atoms with Crippen LogP contribution in [0, 0.1) is 10.8 Å². The molecule has 0 unspecified atom stereocenters. The lowest BCUT2D eigenvalue weighted by Crippen LogP contribution is -2.47. The van der Waals surface area contributed by atoms with E-state index in [4.69, 9.17) is 27.1 Å². The summed E-state index contributed by atoms with van der Waals surface area (Å²) in [6.07, 6.45) is -0.655. The number of carbonyl (C=O) groups is 2. The Labute approximate surface area is 294 Å². The van der Waals surface area contributed by atoms with E-state index in [1.54, 1.807) is 24.3 Å². The number of nitrogens with zero attached hydrogens (tertiary/aromatic N) is 9. The first-order valence-electron chi connectivity index (χ1n) is 16.0. The fourth-order valence-electron chi connectivity index (χ4n) is 6.47. The zero-order valence-corrected chi connectivity index (χ0v) is 28.9. The summed E-state index contributed by atoms with van der Waals surface area (Å²) in [6, 6.07) is 9.99. The molecular weight excluding hydrogens is 696 g/mol. The predicted molar refractivity (Wildman–Crippen MR) is 175 cm³/mol. The van der Waals surface area contributed by atoms with E-state index >= 15 is 0 Å². The minimum Gasteiger partial charge on any atom is -0.463 e. The van der Waals surface area contributed by atoms with Crippen LogP contribution in [0.5, 0.6) is 0 Å². The molecule has 0 bridgehead atoms. The van der Waals surface area contributed by atoms with Crippen LogP contribution in [0.2, 0.25) is 5.02 Å². The molecule has 1 aliphatic carbocycles. The molecule has 1 aliphatic heterocycles. The number of hydrogen-bond donors (Lipinski definition) is 1. The van der Waals surface area contributed by atoms with E-state index in [0.29, 0.717) is 11.3 Å². The highest BCUT2D eigenvalue weighted by atomic mass is 35.5. The first-order chi connectivity index (χ1) is 23.9. The Kier molecular flexibility index (Phi) is 9.14. The monoisotopic (exact) mass is 730 g/mol. The van der Waals surface area contributed by atoms with Crippen LogP contribution in [-0.4, -0.2) is 70.2 Å². The van der Waals surface area contributed by atoms with Crippen molar-refractivity contribution < 1.29 is 31.9 Å². The molecule has 2 aromatic carbocycles. The quantitative estimate of drug-likeness (QED) is 0.142. The van der Waals surface area contributed by atoms with E-state index in [2.05, 4.69) is 25.6 Å². The molecule has 6 rings (SSSR count). The SMILES string of the molecule is CC(C)(C)C[C@]1(c2ccc(-n3cnnn3)cc2)N=C(N)N([C@H](COC(=O)CC2(C(C)(F)F)CC2)c2ccc(Cl)c(-n3ncnc3C(F)F)c2)C1=O. The maximum absolute atomic E-state index is 14.9. The van der Waals surface area contributed by atoms with Crippen LogP contribution in [0.3, 0.4) is 0 Å². The van der Waals surface area contributed by atoms with Crippen molar-refractivity contribution in [3.63, 3.8) is 0 Å². The molecule has 18 heteroatoms. The zero-order chi connectivity index (χ0) is 36.9. The number of esters is 1. The van der Waals surface area contributed by atoms with E-state index in [1.807, 2.05) is 20.8 Å². The van der Waals surface area contributed by atoms with Gasteiger partial charge in [0.25, 0.3) is 18.3 Å². The van der Waals surface area contributed by atoms with Crippen molar-refractivity contribution in [3.05, 3.63) is 77.1 Å². The first-order valence-corrected chi connectivity index (χ1v) is 16.4. The van der Waals surface area contributed by atoms with E-state index in [1.165, 1.54) is 34.1 Å². The van der Waals surface area contributed by atoms with Gasteiger partial charge in [-0.25, -0.2) is 36.9 Å². The average molecular weight is 731 g/mol. The summed E-state index contributed by atoms with van der Waals surface area (Å²) in [6.45, 7) is 6.05. The lowest BCUT2D eigenvalue weighted by molar-refractivity contribution is -0.153. The number of ether oxygens (including phenoxy) is 1. The highest BCUT2D eigenvalue weighted by Gasteiger charge is 2.60. The summed E-state index contributed by atoms with van der Waals surface area (Å²) in [5, 5.41) is 15.1. The minimum atomic E-state index is -3.11. The van der Waals surface area contributed by atoms with Crippen LogP contribution in [0.25, 0.3) is 11.4 Å². The molecule has 0 radical (unpaired) electrons. The summed E-state index contributed by atoms with van der Waals surface area (Å²) in [5.41, 5.74) is 4.44. The number of hydrogen-bond acceptors (Lipinski definition) is 10. The van der Waals surface area contributed by atoms with Crippen molar-refractivity contribution in [2.24, 2.45) is 21.6 Å². The number of benzene rings is 2. The normalized spacial score (nSPS) is 19.4. The fraction of sp³-hybridized carbons (Fsp3) is 0.455. The maximum Gasteiger partial charge on any atom is 0.306 e. The largest absolute Gasteiger partial charge is 0.463 e. The summed E-state index contributed by atoms with van der Waals surface area (Å²) in [7, 11) is 0. The minimum absolute atomic E-state index is 0.00199. The standard InChI is InChI=1S/C33H35ClF4N10O3/c1-30(2,3)16-33(20-6-8-21(9-7-20)46-18-41-44-45-46)28(50)47(29(39)43-33)24(15-51-25(49)14-32(11-12-32)31(4,37)38)19-5-10-22(34)23(13-19)48-27(26(35)36)40-17-42-48/h5-10,13,17-18,24,26H,11-12,14-16H2,1-4H3,(H2,39,43)/t24-,33-/m1/s1. The van der Waals surface area contributed by atoms with Gasteiger partial charge in [-0.2, -0.15) is 5.10 Å². The van der Waals surface area contributed by atoms with Crippen molar-refractivity contribution in [3.8, 4) is 11.4 Å². The number of guanidine groups is 1. The van der Waals surface area contributed by atoms with E-state index in [0.717, 1.165) is 17.9 Å². The predicted octanol–water partition coefficient (Wildman–Crippen LogP) is 5.73. The third-order valence-corrected chi connectivity index (χ3v) is 9.52. The zero-order valence-electron chi connectivity index (χ0n) is 28.1. The molecule has 3 heterocycles. The number of tetrazole rings is 1. The molecule has 0 saturated heterocycles. The van der Waals surface area contributed by atoms with Crippen molar-refractivity contribution in [2.45, 2.75) is 77.3 Å². The Morgan fingerprint density at radius 1 is 1.10 bits per heavy atom. The number of aromatic nitrogens is 7. The van der Waals surface area contributed by atoms with Crippen LogP contribution >= 0.6 is 11.6 Å². The average Bonchev–Trinajstić information content (AvgIpc) is 3.38. The van der Waals surface area contributed by atoms with Crippen molar-refractivity contribution in [1.82, 2.24) is 39.9 Å². The van der Waals surface area contributed by atoms with Crippen molar-refractivity contribution in [2.75, 3.05) is 6.61 Å². The van der Waals surface area contributed by atoms with Gasteiger partial charge < -0.3 is 10.5 Å². The van der Waals surface area contributed by atoms with Gasteiger partial charge >= 0.3 is 5.97 Å². The van der Waals surface area contributed by atoms with Gasteiger partial charge in [-0.3, -0.25) is 14.5 Å². The molecule has 0 spiro atoms. The van der Waals surface area contributed by atoms with Gasteiger partial charge in [0.05, 0.1) is 28.9 Å². The second-order valence-electron chi connectivity index (χ2n) is 14.1. The molecule has 4 aromatic rings. The van der Waals surface area contributed by atoms with E-state index < -0.39 is 65.5 Å². The molecule has 2 atom stereocenters. The van der Waals surface area contributed by atoms with Crippen LogP contribution in [0.15, 0.2) is 60.1 Å². The number of alkyl halides is 4. The number of nitrogens with two attached hydrogens (primary N) is 1. The molecule has 2 N–H and O–H groups in total. The summed E-state index contributed by atoms with van der Waals surface area (Å²) in [5.74, 6) is -5.45. The van der Waals surface area contributed by atoms with Crippen LogP contribution in [0.4, 0.5) is 17.6 Å². The third kappa shape index (κ3) is 6.90. The Morgan fingerprint density at radius 3 is 2.39 bits per heavy atom. The van der Waals surface area contributed by atoms with Gasteiger partial charge in [-0.05, 0) is 77.4 Å². The lowest BCUT2D eigenvalue weighted by atomic mass is 9.75. The lowest BCUT2D eigenvalue weighted by Gasteiger charge is -2.35. The van der Waals surface area contributed by atoms with Gasteiger partial charge in [-0.1, -0.05) is 50.6 Å². The summed E-state index contributed by atoms with van der Waals surface area (Å²) >= 11 is 6.45. The molecule has 13 nitrogen and oxygen atoms in total. The molecule has 2 aromatic heterocycles. The number of rotatable bonds is 12. The number of amides is 1. The molecule has 1 amide bonds. The second-order valence-corrected chi connectivity index (χ2v) is 14.5. The summed E-state index contributed by atoms with van der Waals surface area (Å²) < 4.78 is 64.3. The molecule has 1 saturated carbocycles. The molecule has 51 heavy (non-hydrogen) atoms. The topological polar surface area (TPSA) is 159 Å². The fourth-order valence-corrected chi connectivity index (χ4v) is 6.67. The van der Waals surface area contributed by atoms with Crippen LogP contribution < -0.4 is 5.73 Å². The van der Waals surface area contributed by atoms with Crippen molar-refractivity contribution in [1.29, 1.82) is 0 Å². The van der Waals surface area contributed by atoms with Crippen molar-refractivity contribution >= 4 is 29.4 Å². The maximum atomic E-state index is 14.9. The molecular formula is C33H35ClF4N10O3. The van der Waals surface area contributed by atoms with E-state index in [9.17, 15) is 27.2 Å². The molecule has 2 aliphatic rings. The Hall–Kier alpha value is -4.93. The molecule has 270 valence electrons. The highest BCUT2D eigenvalue weighted by Crippen LogP contribution is 2.59. The Morgan fingerprint density at radius 2 is 1.80 bits per heavy atom. The Balaban J connectivity index is 1.41. The van der Waals surface area contributed by atoms with Gasteiger partial charge in [-0.15, -0.1) is 5.10 Å². The third-order valence-electron chi connectivity index (χ3n) is 9.20. The van der Waals surface area contributed by atoms with Gasteiger partial charge in [0.1, 0.15) is 19.3 Å². The molecule has 1 fully saturated rings. The van der Waals surface area contributed by atoms with Gasteiger partial charge in [0, 0.05) is 5.41 Å². The Bertz CT molecular complexity index is 1950. The smallest absolute Gasteiger partial charge is 0.306 e. The van der Waals surface area contributed by atoms with Crippen LogP contribution in [0.1, 0.15) is 82.8 Å². The number of carbonyl (C=O) groups excluding carboxylic acids is 2. The van der Waals surface area contributed by atoms with Gasteiger partial charge in [0.15, 0.2) is 17.3 Å². The first kappa shape index (κ1) is 35.9. The van der Waals surface area contributed by atoms with E-state index in [-0.39, 0.29) is 41.5 Å². The number of aliphatic imine (C=N–C) groups is 1. The summed E-state index contributed by atoms with van der Waals surface area (Å²) in [4.78, 5) is 37.6. The van der Waals surface area contributed by atoms with Gasteiger partial charge in [0.2, 0.25) is 0 Å². The van der Waals surface area contributed by atoms with Crippen LogP contribution in [-0.2, 0) is 19.9 Å².